The van der Waals surface area contributed by atoms with E-state index in [-0.39, 0.29) is 5.57 Å². The molecule has 2 heterocycles. The molecule has 23 heavy (non-hydrogen) atoms. The average Bonchev–Trinajstić information content (AvgIpc) is 2.96. The number of halogens is 1. The average molecular weight is 335 g/mol. The predicted molar refractivity (Wildman–Crippen MR) is 78.4 cm³/mol. The Bertz CT molecular complexity index is 792. The number of esters is 2. The van der Waals surface area contributed by atoms with Gasteiger partial charge in [0.05, 0.1) is 5.69 Å². The van der Waals surface area contributed by atoms with Crippen LogP contribution in [0.3, 0.4) is 0 Å². The first-order valence-corrected chi connectivity index (χ1v) is 6.95. The first-order chi connectivity index (χ1) is 10.9. The van der Waals surface area contributed by atoms with E-state index in [1.807, 2.05) is 0 Å². The molecule has 0 amide bonds. The molecule has 1 aromatic heterocycles. The highest BCUT2D eigenvalue weighted by Crippen LogP contribution is 2.27. The molecule has 3 rings (SSSR count). The van der Waals surface area contributed by atoms with Crippen molar-refractivity contribution in [1.29, 1.82) is 0 Å². The Morgan fingerprint density at radius 1 is 1.22 bits per heavy atom. The number of nitrogens with zero attached hydrogens (tertiary/aromatic N) is 4. The molecule has 118 valence electrons. The van der Waals surface area contributed by atoms with Crippen molar-refractivity contribution < 1.29 is 19.1 Å². The van der Waals surface area contributed by atoms with Gasteiger partial charge in [-0.1, -0.05) is 11.6 Å². The van der Waals surface area contributed by atoms with Crippen LogP contribution >= 0.6 is 11.6 Å². The summed E-state index contributed by atoms with van der Waals surface area (Å²) in [4.78, 5) is 24.1. The minimum atomic E-state index is -1.29. The van der Waals surface area contributed by atoms with Crippen LogP contribution in [0.5, 0.6) is 0 Å². The summed E-state index contributed by atoms with van der Waals surface area (Å²) in [6, 6.07) is 4.88. The second-order valence-electron chi connectivity index (χ2n) is 5.19. The van der Waals surface area contributed by atoms with E-state index >= 15 is 0 Å². The van der Waals surface area contributed by atoms with E-state index in [1.54, 1.807) is 18.2 Å². The van der Waals surface area contributed by atoms with Crippen molar-refractivity contribution >= 4 is 29.6 Å². The highest BCUT2D eigenvalue weighted by molar-refractivity contribution is 6.30. The summed E-state index contributed by atoms with van der Waals surface area (Å²) in [6.07, 6.45) is 2.72. The summed E-state index contributed by atoms with van der Waals surface area (Å²) in [5.41, 5.74) is 0.770. The van der Waals surface area contributed by atoms with Crippen LogP contribution in [0, 0.1) is 0 Å². The molecule has 0 aliphatic carbocycles. The van der Waals surface area contributed by atoms with Crippen LogP contribution in [0.4, 0.5) is 0 Å². The Hall–Kier alpha value is -2.74. The molecule has 0 atom stereocenters. The van der Waals surface area contributed by atoms with Gasteiger partial charge in [0, 0.05) is 24.4 Å². The van der Waals surface area contributed by atoms with Crippen LogP contribution < -0.4 is 0 Å². The maximum atomic E-state index is 12.0. The molecule has 0 bridgehead atoms. The van der Waals surface area contributed by atoms with Gasteiger partial charge in [0.2, 0.25) is 0 Å². The van der Waals surface area contributed by atoms with Gasteiger partial charge in [-0.2, -0.15) is 4.68 Å². The Kier molecular flexibility index (Phi) is 3.61. The standard InChI is InChI=1S/C14H11ClN4O4/c1-14(2)22-12(20)10(13(21)23-14)6-8-5-9(15)3-4-11(8)19-7-16-17-18-19/h3-7H,1-2H3. The lowest BCUT2D eigenvalue weighted by Crippen LogP contribution is -2.41. The third kappa shape index (κ3) is 3.07. The number of carbonyl (C=O) groups excluding carboxylic acids is 2. The summed E-state index contributed by atoms with van der Waals surface area (Å²) in [6.45, 7) is 2.96. The maximum Gasteiger partial charge on any atom is 0.348 e. The largest absolute Gasteiger partial charge is 0.419 e. The van der Waals surface area contributed by atoms with Gasteiger partial charge in [-0.05, 0) is 34.7 Å². The SMILES string of the molecule is CC1(C)OC(=O)C(=Cc2cc(Cl)ccc2-n2cnnn2)C(=O)O1. The van der Waals surface area contributed by atoms with Crippen molar-refractivity contribution in [2.75, 3.05) is 0 Å². The molecule has 1 aliphatic heterocycles. The second-order valence-corrected chi connectivity index (χ2v) is 5.63. The second kappa shape index (κ2) is 5.47. The van der Waals surface area contributed by atoms with Gasteiger partial charge in [0.25, 0.3) is 5.79 Å². The predicted octanol–water partition coefficient (Wildman–Crippen LogP) is 1.54. The van der Waals surface area contributed by atoms with Gasteiger partial charge < -0.3 is 9.47 Å². The van der Waals surface area contributed by atoms with Gasteiger partial charge in [-0.25, -0.2) is 9.59 Å². The summed E-state index contributed by atoms with van der Waals surface area (Å²) < 4.78 is 11.5. The minimum Gasteiger partial charge on any atom is -0.419 e. The molecule has 8 nitrogen and oxygen atoms in total. The van der Waals surface area contributed by atoms with E-state index in [9.17, 15) is 9.59 Å². The van der Waals surface area contributed by atoms with Crippen molar-refractivity contribution in [3.05, 3.63) is 40.7 Å². The van der Waals surface area contributed by atoms with Gasteiger partial charge >= 0.3 is 11.9 Å². The zero-order chi connectivity index (χ0) is 16.6. The fraction of sp³-hybridized carbons (Fsp3) is 0.214. The van der Waals surface area contributed by atoms with E-state index in [0.29, 0.717) is 16.3 Å². The number of benzene rings is 1. The van der Waals surface area contributed by atoms with E-state index in [1.165, 1.54) is 30.9 Å². The number of carbonyl (C=O) groups is 2. The van der Waals surface area contributed by atoms with Crippen LogP contribution in [0.25, 0.3) is 11.8 Å². The van der Waals surface area contributed by atoms with Crippen molar-refractivity contribution in [2.24, 2.45) is 0 Å². The highest BCUT2D eigenvalue weighted by Gasteiger charge is 2.39. The van der Waals surface area contributed by atoms with Gasteiger partial charge in [-0.15, -0.1) is 5.10 Å². The van der Waals surface area contributed by atoms with Crippen LogP contribution in [-0.4, -0.2) is 37.9 Å². The molecule has 1 aliphatic rings. The Labute approximate surface area is 135 Å². The molecule has 1 aromatic carbocycles. The molecule has 9 heteroatoms. The lowest BCUT2D eigenvalue weighted by Gasteiger charge is -2.29. The van der Waals surface area contributed by atoms with E-state index in [2.05, 4.69) is 15.5 Å². The number of rotatable bonds is 2. The normalized spacial score (nSPS) is 16.7. The fourth-order valence-electron chi connectivity index (χ4n) is 2.06. The zero-order valence-corrected chi connectivity index (χ0v) is 12.9. The molecular weight excluding hydrogens is 324 g/mol. The first kappa shape index (κ1) is 15.2. The number of hydrogen-bond acceptors (Lipinski definition) is 7. The third-order valence-electron chi connectivity index (χ3n) is 3.00. The van der Waals surface area contributed by atoms with Crippen LogP contribution in [-0.2, 0) is 19.1 Å². The Balaban J connectivity index is 2.07. The maximum absolute atomic E-state index is 12.0. The van der Waals surface area contributed by atoms with Crippen LogP contribution in [0.1, 0.15) is 19.4 Å². The summed E-state index contributed by atoms with van der Waals surface area (Å²) in [5.74, 6) is -2.83. The van der Waals surface area contributed by atoms with Crippen molar-refractivity contribution in [3.8, 4) is 5.69 Å². The Morgan fingerprint density at radius 3 is 2.52 bits per heavy atom. The molecule has 1 fully saturated rings. The quantitative estimate of drug-likeness (QED) is 0.467. The Morgan fingerprint density at radius 2 is 1.91 bits per heavy atom. The summed E-state index contributed by atoms with van der Waals surface area (Å²) in [7, 11) is 0. The van der Waals surface area contributed by atoms with Gasteiger partial charge in [0.1, 0.15) is 11.9 Å². The van der Waals surface area contributed by atoms with Gasteiger partial charge in [0.15, 0.2) is 0 Å². The van der Waals surface area contributed by atoms with E-state index in [4.69, 9.17) is 21.1 Å². The topological polar surface area (TPSA) is 96.2 Å². The number of tetrazole rings is 1. The summed E-state index contributed by atoms with van der Waals surface area (Å²) >= 11 is 5.99. The number of aromatic nitrogens is 4. The molecular formula is C14H11ClN4O4. The molecule has 0 unspecified atom stereocenters. The first-order valence-electron chi connectivity index (χ1n) is 6.57. The fourth-order valence-corrected chi connectivity index (χ4v) is 2.24. The van der Waals surface area contributed by atoms with Crippen molar-refractivity contribution in [3.63, 3.8) is 0 Å². The molecule has 0 saturated carbocycles. The third-order valence-corrected chi connectivity index (χ3v) is 3.24. The number of hydrogen-bond donors (Lipinski definition) is 0. The zero-order valence-electron chi connectivity index (χ0n) is 12.2. The van der Waals surface area contributed by atoms with E-state index in [0.717, 1.165) is 0 Å². The minimum absolute atomic E-state index is 0.235. The number of cyclic esters (lactones) is 2. The molecule has 0 N–H and O–H groups in total. The molecule has 0 spiro atoms. The molecule has 0 radical (unpaired) electrons. The van der Waals surface area contributed by atoms with Crippen molar-refractivity contribution in [1.82, 2.24) is 20.2 Å². The van der Waals surface area contributed by atoms with Crippen molar-refractivity contribution in [2.45, 2.75) is 19.6 Å². The summed E-state index contributed by atoms with van der Waals surface area (Å²) in [5, 5.41) is 11.3. The van der Waals surface area contributed by atoms with Crippen LogP contribution in [0.2, 0.25) is 5.02 Å². The molecule has 2 aromatic rings. The van der Waals surface area contributed by atoms with Gasteiger partial charge in [-0.3, -0.25) is 0 Å². The number of ether oxygens (including phenoxy) is 2. The smallest absolute Gasteiger partial charge is 0.348 e. The highest BCUT2D eigenvalue weighted by atomic mass is 35.5. The lowest BCUT2D eigenvalue weighted by molar-refractivity contribution is -0.222. The lowest BCUT2D eigenvalue weighted by atomic mass is 10.1. The monoisotopic (exact) mass is 334 g/mol. The van der Waals surface area contributed by atoms with Crippen LogP contribution in [0.15, 0.2) is 30.1 Å². The molecule has 1 saturated heterocycles. The van der Waals surface area contributed by atoms with E-state index < -0.39 is 17.7 Å².